The second-order valence-electron chi connectivity index (χ2n) is 6.51. The van der Waals surface area contributed by atoms with Crippen molar-refractivity contribution in [3.05, 3.63) is 94.5 Å². The lowest BCUT2D eigenvalue weighted by Crippen LogP contribution is -2.16. The summed E-state index contributed by atoms with van der Waals surface area (Å²) in [5.74, 6) is 0.0468. The molecule has 2 heterocycles. The van der Waals surface area contributed by atoms with Gasteiger partial charge in [0.15, 0.2) is 0 Å². The van der Waals surface area contributed by atoms with Crippen molar-refractivity contribution in [3.63, 3.8) is 0 Å². The molecule has 0 saturated heterocycles. The van der Waals surface area contributed by atoms with Crippen LogP contribution in [-0.2, 0) is 0 Å². The predicted octanol–water partition coefficient (Wildman–Crippen LogP) is 5.64. The second-order valence-corrected chi connectivity index (χ2v) is 6.92. The first-order chi connectivity index (χ1) is 13.5. The first kappa shape index (κ1) is 18.2. The zero-order valence-electron chi connectivity index (χ0n) is 15.0. The van der Waals surface area contributed by atoms with Gasteiger partial charge in [-0.15, -0.1) is 0 Å². The van der Waals surface area contributed by atoms with Crippen molar-refractivity contribution >= 4 is 28.3 Å². The van der Waals surface area contributed by atoms with Crippen LogP contribution in [0, 0.1) is 12.7 Å². The molecule has 28 heavy (non-hydrogen) atoms. The summed E-state index contributed by atoms with van der Waals surface area (Å²) in [4.78, 5) is 8.57. The zero-order valence-corrected chi connectivity index (χ0v) is 15.8. The van der Waals surface area contributed by atoms with Crippen LogP contribution in [0.5, 0.6) is 5.75 Å². The Bertz CT molecular complexity index is 1150. The van der Waals surface area contributed by atoms with Gasteiger partial charge in [-0.05, 0) is 42.8 Å². The molecule has 0 aliphatic heterocycles. The normalized spacial score (nSPS) is 12.1. The first-order valence-electron chi connectivity index (χ1n) is 8.74. The standard InChI is InChI=1S/C22H17ClFN3O/c1-13-9-11-25-18(12-13)27-21(19-16(23)5-2-6-17(19)24)15-8-7-14-4-3-10-26-20(14)22(15)28/h2-12,21,28H,1H3,(H,25,27)/t21-/m0/s1. The maximum Gasteiger partial charge on any atom is 0.147 e. The smallest absolute Gasteiger partial charge is 0.147 e. The molecular weight excluding hydrogens is 377 g/mol. The summed E-state index contributed by atoms with van der Waals surface area (Å²) in [5.41, 5.74) is 2.14. The minimum atomic E-state index is -0.755. The van der Waals surface area contributed by atoms with Crippen LogP contribution in [0.2, 0.25) is 5.02 Å². The van der Waals surface area contributed by atoms with Crippen LogP contribution in [0.4, 0.5) is 10.2 Å². The van der Waals surface area contributed by atoms with E-state index < -0.39 is 11.9 Å². The number of aromatic hydroxyl groups is 1. The monoisotopic (exact) mass is 393 g/mol. The molecule has 4 nitrogen and oxygen atoms in total. The molecular formula is C22H17ClFN3O. The minimum absolute atomic E-state index is 0.0254. The molecule has 0 bridgehead atoms. The predicted molar refractivity (Wildman–Crippen MR) is 109 cm³/mol. The molecule has 2 aromatic heterocycles. The Hall–Kier alpha value is -3.18. The third-order valence-corrected chi connectivity index (χ3v) is 4.92. The summed E-state index contributed by atoms with van der Waals surface area (Å²) in [6.07, 6.45) is 3.27. The summed E-state index contributed by atoms with van der Waals surface area (Å²) < 4.78 is 14.8. The number of halogens is 2. The number of benzene rings is 2. The zero-order chi connectivity index (χ0) is 19.7. The molecule has 2 aromatic carbocycles. The molecule has 0 saturated carbocycles. The third kappa shape index (κ3) is 3.37. The number of hydrogen-bond acceptors (Lipinski definition) is 4. The van der Waals surface area contributed by atoms with Gasteiger partial charge in [0.05, 0.1) is 6.04 Å². The number of pyridine rings is 2. The summed E-state index contributed by atoms with van der Waals surface area (Å²) in [6.45, 7) is 1.94. The van der Waals surface area contributed by atoms with E-state index in [9.17, 15) is 9.50 Å². The van der Waals surface area contributed by atoms with Gasteiger partial charge in [-0.2, -0.15) is 0 Å². The van der Waals surface area contributed by atoms with E-state index in [1.54, 1.807) is 36.7 Å². The summed E-state index contributed by atoms with van der Waals surface area (Å²) >= 11 is 6.34. The van der Waals surface area contributed by atoms with E-state index in [1.165, 1.54) is 6.07 Å². The maximum atomic E-state index is 14.8. The second kappa shape index (κ2) is 7.44. The summed E-state index contributed by atoms with van der Waals surface area (Å²) in [6, 6.07) is 14.7. The van der Waals surface area contributed by atoms with E-state index in [0.717, 1.165) is 10.9 Å². The molecule has 0 aliphatic carbocycles. The van der Waals surface area contributed by atoms with Crippen LogP contribution >= 0.6 is 11.6 Å². The number of anilines is 1. The average molecular weight is 394 g/mol. The first-order valence-corrected chi connectivity index (χ1v) is 9.12. The number of phenols is 1. The number of nitrogens with zero attached hydrogens (tertiary/aromatic N) is 2. The largest absolute Gasteiger partial charge is 0.505 e. The van der Waals surface area contributed by atoms with Crippen molar-refractivity contribution in [1.29, 1.82) is 0 Å². The van der Waals surface area contributed by atoms with Gasteiger partial charge >= 0.3 is 0 Å². The molecule has 6 heteroatoms. The topological polar surface area (TPSA) is 58.0 Å². The lowest BCUT2D eigenvalue weighted by Gasteiger charge is -2.23. The Kier molecular flexibility index (Phi) is 4.84. The van der Waals surface area contributed by atoms with Gasteiger partial charge < -0.3 is 10.4 Å². The fourth-order valence-electron chi connectivity index (χ4n) is 3.23. The van der Waals surface area contributed by atoms with Gasteiger partial charge in [-0.25, -0.2) is 9.37 Å². The molecule has 0 spiro atoms. The fraction of sp³-hybridized carbons (Fsp3) is 0.0909. The third-order valence-electron chi connectivity index (χ3n) is 4.59. The van der Waals surface area contributed by atoms with E-state index in [0.29, 0.717) is 16.9 Å². The quantitative estimate of drug-likeness (QED) is 0.471. The van der Waals surface area contributed by atoms with Crippen molar-refractivity contribution < 1.29 is 9.50 Å². The molecule has 2 N–H and O–H groups in total. The van der Waals surface area contributed by atoms with Crippen LogP contribution < -0.4 is 5.32 Å². The van der Waals surface area contributed by atoms with Crippen molar-refractivity contribution in [2.24, 2.45) is 0 Å². The van der Waals surface area contributed by atoms with Crippen LogP contribution in [-0.4, -0.2) is 15.1 Å². The number of aromatic nitrogens is 2. The lowest BCUT2D eigenvalue weighted by atomic mass is 9.95. The minimum Gasteiger partial charge on any atom is -0.505 e. The number of hydrogen-bond donors (Lipinski definition) is 2. The van der Waals surface area contributed by atoms with Crippen LogP contribution in [0.1, 0.15) is 22.7 Å². The van der Waals surface area contributed by atoms with E-state index in [4.69, 9.17) is 11.6 Å². The summed E-state index contributed by atoms with van der Waals surface area (Å²) in [7, 11) is 0. The Labute approximate surface area is 166 Å². The number of phenolic OH excluding ortho intramolecular Hbond substituents is 1. The average Bonchev–Trinajstić information content (AvgIpc) is 2.68. The number of nitrogens with one attached hydrogen (secondary N) is 1. The highest BCUT2D eigenvalue weighted by atomic mass is 35.5. The van der Waals surface area contributed by atoms with Gasteiger partial charge in [0.25, 0.3) is 0 Å². The van der Waals surface area contributed by atoms with E-state index in [1.807, 2.05) is 31.2 Å². The van der Waals surface area contributed by atoms with Crippen molar-refractivity contribution in [1.82, 2.24) is 9.97 Å². The Morgan fingerprint density at radius 3 is 2.68 bits per heavy atom. The Morgan fingerprint density at radius 1 is 1.04 bits per heavy atom. The molecule has 4 rings (SSSR count). The maximum absolute atomic E-state index is 14.8. The van der Waals surface area contributed by atoms with Crippen molar-refractivity contribution in [2.45, 2.75) is 13.0 Å². The van der Waals surface area contributed by atoms with Gasteiger partial charge in [0.2, 0.25) is 0 Å². The SMILES string of the molecule is Cc1ccnc(N[C@@H](c2ccc3cccnc3c2O)c2c(F)cccc2Cl)c1. The number of rotatable bonds is 4. The van der Waals surface area contributed by atoms with Crippen molar-refractivity contribution in [3.8, 4) is 5.75 Å². The van der Waals surface area contributed by atoms with Crippen molar-refractivity contribution in [2.75, 3.05) is 5.32 Å². The van der Waals surface area contributed by atoms with E-state index in [-0.39, 0.29) is 16.3 Å². The van der Waals surface area contributed by atoms with Crippen LogP contribution in [0.3, 0.4) is 0 Å². The number of aryl methyl sites for hydroxylation is 1. The molecule has 0 radical (unpaired) electrons. The van der Waals surface area contributed by atoms with E-state index in [2.05, 4.69) is 15.3 Å². The molecule has 0 amide bonds. The Balaban J connectivity index is 1.92. The highest BCUT2D eigenvalue weighted by Crippen LogP contribution is 2.39. The molecule has 1 atom stereocenters. The molecule has 0 fully saturated rings. The van der Waals surface area contributed by atoms with Gasteiger partial charge in [-0.1, -0.05) is 35.9 Å². The Morgan fingerprint density at radius 2 is 1.89 bits per heavy atom. The number of fused-ring (bicyclic) bond motifs is 1. The molecule has 0 unspecified atom stereocenters. The highest BCUT2D eigenvalue weighted by Gasteiger charge is 2.25. The lowest BCUT2D eigenvalue weighted by molar-refractivity contribution is 0.471. The molecule has 140 valence electrons. The van der Waals surface area contributed by atoms with Crippen LogP contribution in [0.25, 0.3) is 10.9 Å². The summed E-state index contributed by atoms with van der Waals surface area (Å²) in [5, 5.41) is 15.2. The highest BCUT2D eigenvalue weighted by molar-refractivity contribution is 6.31. The molecule has 4 aromatic rings. The van der Waals surface area contributed by atoms with E-state index >= 15 is 0 Å². The molecule has 0 aliphatic rings. The van der Waals surface area contributed by atoms with Gasteiger partial charge in [-0.3, -0.25) is 4.98 Å². The van der Waals surface area contributed by atoms with Gasteiger partial charge in [0.1, 0.15) is 22.9 Å². The van der Waals surface area contributed by atoms with Crippen LogP contribution in [0.15, 0.2) is 67.0 Å². The van der Waals surface area contributed by atoms with Gasteiger partial charge in [0, 0.05) is 33.9 Å². The fourth-order valence-corrected chi connectivity index (χ4v) is 3.51.